The van der Waals surface area contributed by atoms with E-state index < -0.39 is 11.9 Å². The van der Waals surface area contributed by atoms with Gasteiger partial charge in [-0.3, -0.25) is 9.59 Å². The van der Waals surface area contributed by atoms with Gasteiger partial charge in [-0.1, -0.05) is 26.0 Å². The molecule has 4 nitrogen and oxygen atoms in total. The van der Waals surface area contributed by atoms with Gasteiger partial charge in [-0.25, -0.2) is 0 Å². The normalized spacial score (nSPS) is 8.00. The SMILES string of the molecule is CC(=O)O.CC(=O)O.CCC=CCC. The molecule has 0 saturated carbocycles. The van der Waals surface area contributed by atoms with E-state index in [0.717, 1.165) is 13.8 Å². The molecule has 84 valence electrons. The van der Waals surface area contributed by atoms with Crippen molar-refractivity contribution in [1.29, 1.82) is 0 Å². The van der Waals surface area contributed by atoms with Crippen molar-refractivity contribution in [3.05, 3.63) is 12.2 Å². The molecular weight excluding hydrogens is 184 g/mol. The van der Waals surface area contributed by atoms with Crippen LogP contribution in [-0.2, 0) is 9.59 Å². The molecule has 2 N–H and O–H groups in total. The van der Waals surface area contributed by atoms with E-state index in [1.165, 1.54) is 12.8 Å². The van der Waals surface area contributed by atoms with Crippen LogP contribution >= 0.6 is 0 Å². The minimum absolute atomic E-state index is 0.833. The fraction of sp³-hybridized carbons (Fsp3) is 0.600. The molecule has 0 spiro atoms. The Morgan fingerprint density at radius 3 is 1.14 bits per heavy atom. The van der Waals surface area contributed by atoms with E-state index in [9.17, 15) is 0 Å². The van der Waals surface area contributed by atoms with E-state index in [1.54, 1.807) is 0 Å². The fourth-order valence-electron chi connectivity index (χ4n) is 0.333. The Balaban J connectivity index is -0.000000135. The summed E-state index contributed by atoms with van der Waals surface area (Å²) in [5, 5.41) is 14.8. The van der Waals surface area contributed by atoms with Gasteiger partial charge in [0.05, 0.1) is 0 Å². The van der Waals surface area contributed by atoms with Crippen LogP contribution in [0.5, 0.6) is 0 Å². The monoisotopic (exact) mass is 204 g/mol. The first-order valence-electron chi connectivity index (χ1n) is 4.42. The summed E-state index contributed by atoms with van der Waals surface area (Å²) >= 11 is 0. The van der Waals surface area contributed by atoms with Crippen molar-refractivity contribution in [1.82, 2.24) is 0 Å². The molecule has 0 unspecified atom stereocenters. The zero-order chi connectivity index (χ0) is 12.0. The van der Waals surface area contributed by atoms with Crippen LogP contribution in [0, 0.1) is 0 Å². The molecular formula is C10H20O4. The molecule has 0 aromatic rings. The number of allylic oxidation sites excluding steroid dienone is 2. The number of rotatable bonds is 2. The van der Waals surface area contributed by atoms with Gasteiger partial charge in [-0.05, 0) is 12.8 Å². The average molecular weight is 204 g/mol. The summed E-state index contributed by atoms with van der Waals surface area (Å²) in [5.41, 5.74) is 0. The third-order valence-corrected chi connectivity index (χ3v) is 0.638. The fourth-order valence-corrected chi connectivity index (χ4v) is 0.333. The van der Waals surface area contributed by atoms with E-state index in [0.29, 0.717) is 0 Å². The first kappa shape index (κ1) is 18.5. The molecule has 0 aromatic carbocycles. The second-order valence-corrected chi connectivity index (χ2v) is 2.33. The zero-order valence-electron chi connectivity index (χ0n) is 9.28. The van der Waals surface area contributed by atoms with Crippen molar-refractivity contribution < 1.29 is 19.8 Å². The van der Waals surface area contributed by atoms with Gasteiger partial charge in [0.2, 0.25) is 0 Å². The van der Waals surface area contributed by atoms with Gasteiger partial charge in [0, 0.05) is 13.8 Å². The van der Waals surface area contributed by atoms with E-state index >= 15 is 0 Å². The van der Waals surface area contributed by atoms with Crippen molar-refractivity contribution in [2.24, 2.45) is 0 Å². The average Bonchev–Trinajstić information content (AvgIpc) is 1.98. The maximum absolute atomic E-state index is 9.00. The van der Waals surface area contributed by atoms with Gasteiger partial charge in [0.1, 0.15) is 0 Å². The standard InChI is InChI=1S/C6H12.2C2H4O2/c1-3-5-6-4-2;2*1-2(3)4/h5-6H,3-4H2,1-2H3;2*1H3,(H,3,4). The first-order valence-corrected chi connectivity index (χ1v) is 4.42. The maximum atomic E-state index is 9.00. The Bertz CT molecular complexity index is 136. The van der Waals surface area contributed by atoms with Crippen molar-refractivity contribution in [2.45, 2.75) is 40.5 Å². The lowest BCUT2D eigenvalue weighted by atomic mass is 10.4. The quantitative estimate of drug-likeness (QED) is 0.678. The Kier molecular flexibility index (Phi) is 23.3. The van der Waals surface area contributed by atoms with E-state index in [-0.39, 0.29) is 0 Å². The van der Waals surface area contributed by atoms with Crippen LogP contribution < -0.4 is 0 Å². The molecule has 0 aromatic heterocycles. The summed E-state index contributed by atoms with van der Waals surface area (Å²) < 4.78 is 0. The Morgan fingerprint density at radius 2 is 1.07 bits per heavy atom. The number of carbonyl (C=O) groups is 2. The van der Waals surface area contributed by atoms with Gasteiger partial charge in [0.25, 0.3) is 11.9 Å². The molecule has 0 aliphatic rings. The Morgan fingerprint density at radius 1 is 0.929 bits per heavy atom. The molecule has 0 radical (unpaired) electrons. The number of carboxylic acids is 2. The molecule has 0 bridgehead atoms. The van der Waals surface area contributed by atoms with E-state index in [2.05, 4.69) is 26.0 Å². The minimum Gasteiger partial charge on any atom is -0.481 e. The Hall–Kier alpha value is -1.32. The Labute approximate surface area is 85.3 Å². The molecule has 0 rings (SSSR count). The van der Waals surface area contributed by atoms with Crippen LogP contribution in [0.15, 0.2) is 12.2 Å². The summed E-state index contributed by atoms with van der Waals surface area (Å²) in [6, 6.07) is 0. The lowest BCUT2D eigenvalue weighted by Gasteiger charge is -1.72. The zero-order valence-corrected chi connectivity index (χ0v) is 9.28. The van der Waals surface area contributed by atoms with Crippen molar-refractivity contribution in [2.75, 3.05) is 0 Å². The molecule has 0 heterocycles. The van der Waals surface area contributed by atoms with Crippen LogP contribution in [0.3, 0.4) is 0 Å². The highest BCUT2D eigenvalue weighted by molar-refractivity contribution is 5.63. The largest absolute Gasteiger partial charge is 0.481 e. The summed E-state index contributed by atoms with van der Waals surface area (Å²) in [7, 11) is 0. The molecule has 0 aliphatic carbocycles. The topological polar surface area (TPSA) is 74.6 Å². The number of aliphatic carboxylic acids is 2. The van der Waals surface area contributed by atoms with Gasteiger partial charge in [0.15, 0.2) is 0 Å². The number of carboxylic acid groups (broad SMARTS) is 2. The molecule has 0 fully saturated rings. The van der Waals surface area contributed by atoms with Gasteiger partial charge < -0.3 is 10.2 Å². The maximum Gasteiger partial charge on any atom is 0.300 e. The summed E-state index contributed by atoms with van der Waals surface area (Å²) in [6.07, 6.45) is 6.71. The van der Waals surface area contributed by atoms with Crippen molar-refractivity contribution >= 4 is 11.9 Å². The van der Waals surface area contributed by atoms with Crippen LogP contribution in [0.4, 0.5) is 0 Å². The third-order valence-electron chi connectivity index (χ3n) is 0.638. The predicted octanol–water partition coefficient (Wildman–Crippen LogP) is 2.54. The molecule has 0 aliphatic heterocycles. The highest BCUT2D eigenvalue weighted by atomic mass is 16.4. The van der Waals surface area contributed by atoms with Gasteiger partial charge in [-0.15, -0.1) is 0 Å². The van der Waals surface area contributed by atoms with Crippen molar-refractivity contribution in [3.8, 4) is 0 Å². The third kappa shape index (κ3) is 355. The summed E-state index contributed by atoms with van der Waals surface area (Å²) in [4.78, 5) is 18.0. The van der Waals surface area contributed by atoms with E-state index in [1.807, 2.05) is 0 Å². The van der Waals surface area contributed by atoms with Crippen LogP contribution in [0.2, 0.25) is 0 Å². The van der Waals surface area contributed by atoms with E-state index in [4.69, 9.17) is 19.8 Å². The highest BCUT2D eigenvalue weighted by Crippen LogP contribution is 1.81. The predicted molar refractivity (Wildman–Crippen MR) is 56.3 cm³/mol. The molecule has 0 saturated heterocycles. The first-order chi connectivity index (χ1) is 6.38. The smallest absolute Gasteiger partial charge is 0.300 e. The van der Waals surface area contributed by atoms with Crippen LogP contribution in [-0.4, -0.2) is 22.2 Å². The number of hydrogen-bond acceptors (Lipinski definition) is 2. The molecule has 0 atom stereocenters. The van der Waals surface area contributed by atoms with Gasteiger partial charge in [-0.2, -0.15) is 0 Å². The second-order valence-electron chi connectivity index (χ2n) is 2.33. The lowest BCUT2D eigenvalue weighted by molar-refractivity contribution is -0.135. The summed E-state index contributed by atoms with van der Waals surface area (Å²) in [6.45, 7) is 6.46. The molecule has 4 heteroatoms. The molecule has 14 heavy (non-hydrogen) atoms. The summed E-state index contributed by atoms with van der Waals surface area (Å²) in [5.74, 6) is -1.67. The van der Waals surface area contributed by atoms with Crippen molar-refractivity contribution in [3.63, 3.8) is 0 Å². The highest BCUT2D eigenvalue weighted by Gasteiger charge is 1.66. The minimum atomic E-state index is -0.833. The lowest BCUT2D eigenvalue weighted by Crippen LogP contribution is -1.78. The number of hydrogen-bond donors (Lipinski definition) is 2. The van der Waals surface area contributed by atoms with Gasteiger partial charge >= 0.3 is 0 Å². The van der Waals surface area contributed by atoms with Crippen LogP contribution in [0.25, 0.3) is 0 Å². The molecule has 0 amide bonds. The van der Waals surface area contributed by atoms with Crippen LogP contribution in [0.1, 0.15) is 40.5 Å². The second kappa shape index (κ2) is 17.7.